The summed E-state index contributed by atoms with van der Waals surface area (Å²) >= 11 is 0. The molecule has 1 heterocycles. The van der Waals surface area contributed by atoms with Crippen LogP contribution in [0.25, 0.3) is 0 Å². The van der Waals surface area contributed by atoms with Gasteiger partial charge in [-0.05, 0) is 25.1 Å². The third-order valence-corrected chi connectivity index (χ3v) is 4.17. The van der Waals surface area contributed by atoms with Crippen molar-refractivity contribution in [2.45, 2.75) is 13.3 Å². The molecule has 1 aliphatic heterocycles. The van der Waals surface area contributed by atoms with Crippen molar-refractivity contribution < 1.29 is 14.5 Å². The molecule has 1 fully saturated rings. The maximum Gasteiger partial charge on any atom is 0.271 e. The molecule has 0 aliphatic carbocycles. The molecule has 0 aromatic heterocycles. The number of hydrogen-bond acceptors (Lipinski definition) is 4. The minimum absolute atomic E-state index is 0.0837. The Kier molecular flexibility index (Phi) is 4.47. The quantitative estimate of drug-likeness (QED) is 0.685. The number of non-ortho nitro benzene ring substituents is 1. The number of nitro groups is 1. The summed E-state index contributed by atoms with van der Waals surface area (Å²) in [6, 6.07) is 13.3. The van der Waals surface area contributed by atoms with Crippen molar-refractivity contribution in [1.29, 1.82) is 0 Å². The number of carbonyl (C=O) groups is 2. The number of hydrogen-bond donors (Lipinski definition) is 1. The van der Waals surface area contributed by atoms with Crippen molar-refractivity contribution in [1.82, 2.24) is 0 Å². The van der Waals surface area contributed by atoms with Crippen LogP contribution in [0.5, 0.6) is 0 Å². The largest absolute Gasteiger partial charge is 0.326 e. The minimum Gasteiger partial charge on any atom is -0.326 e. The van der Waals surface area contributed by atoms with Crippen molar-refractivity contribution in [3.63, 3.8) is 0 Å². The van der Waals surface area contributed by atoms with Crippen LogP contribution in [0.15, 0.2) is 48.5 Å². The fourth-order valence-corrected chi connectivity index (χ4v) is 2.79. The molecule has 1 aliphatic rings. The van der Waals surface area contributed by atoms with Gasteiger partial charge in [-0.3, -0.25) is 19.7 Å². The van der Waals surface area contributed by atoms with E-state index in [9.17, 15) is 19.7 Å². The third-order valence-electron chi connectivity index (χ3n) is 4.17. The van der Waals surface area contributed by atoms with Gasteiger partial charge in [-0.15, -0.1) is 0 Å². The van der Waals surface area contributed by atoms with E-state index in [0.717, 1.165) is 5.56 Å². The molecule has 7 heteroatoms. The first-order valence-corrected chi connectivity index (χ1v) is 7.86. The Morgan fingerprint density at radius 3 is 2.64 bits per heavy atom. The predicted molar refractivity (Wildman–Crippen MR) is 93.4 cm³/mol. The number of nitro benzene ring substituents is 1. The number of nitrogens with zero attached hydrogens (tertiary/aromatic N) is 2. The van der Waals surface area contributed by atoms with Crippen molar-refractivity contribution in [2.75, 3.05) is 16.8 Å². The maximum absolute atomic E-state index is 12.4. The van der Waals surface area contributed by atoms with Crippen molar-refractivity contribution in [3.05, 3.63) is 64.2 Å². The molecule has 0 saturated carbocycles. The number of benzene rings is 2. The van der Waals surface area contributed by atoms with Gasteiger partial charge in [-0.1, -0.05) is 23.8 Å². The Morgan fingerprint density at radius 2 is 1.96 bits per heavy atom. The molecule has 2 aromatic rings. The van der Waals surface area contributed by atoms with Crippen LogP contribution in [0, 0.1) is 23.0 Å². The van der Waals surface area contributed by atoms with Gasteiger partial charge < -0.3 is 10.2 Å². The Morgan fingerprint density at radius 1 is 1.24 bits per heavy atom. The van der Waals surface area contributed by atoms with E-state index in [4.69, 9.17) is 0 Å². The molecule has 2 amide bonds. The van der Waals surface area contributed by atoms with Gasteiger partial charge in [0.05, 0.1) is 16.5 Å². The maximum atomic E-state index is 12.4. The van der Waals surface area contributed by atoms with E-state index in [1.165, 1.54) is 23.1 Å². The molecule has 25 heavy (non-hydrogen) atoms. The number of amides is 2. The van der Waals surface area contributed by atoms with Crippen LogP contribution in [0.3, 0.4) is 0 Å². The standard InChI is InChI=1S/C18H17N3O4/c1-12-5-7-14(8-6-12)19-18(23)13-9-17(22)20(11-13)15-3-2-4-16(10-15)21(24)25/h2-8,10,13H,9,11H2,1H3,(H,19,23). The van der Waals surface area contributed by atoms with Crippen LogP contribution in [0.4, 0.5) is 17.1 Å². The summed E-state index contributed by atoms with van der Waals surface area (Å²) in [5.74, 6) is -0.942. The van der Waals surface area contributed by atoms with E-state index >= 15 is 0 Å². The zero-order valence-electron chi connectivity index (χ0n) is 13.6. The molecule has 0 radical (unpaired) electrons. The Bertz CT molecular complexity index is 832. The zero-order valence-corrected chi connectivity index (χ0v) is 13.6. The Labute approximate surface area is 144 Å². The van der Waals surface area contributed by atoms with Crippen LogP contribution in [-0.2, 0) is 9.59 Å². The molecule has 1 atom stereocenters. The second-order valence-electron chi connectivity index (χ2n) is 6.04. The first-order chi connectivity index (χ1) is 11.9. The van der Waals surface area contributed by atoms with E-state index in [1.54, 1.807) is 6.07 Å². The molecule has 3 rings (SSSR count). The van der Waals surface area contributed by atoms with Gasteiger partial charge in [0.1, 0.15) is 0 Å². The molecule has 0 bridgehead atoms. The topological polar surface area (TPSA) is 92.6 Å². The highest BCUT2D eigenvalue weighted by molar-refractivity contribution is 6.03. The fourth-order valence-electron chi connectivity index (χ4n) is 2.79. The summed E-state index contributed by atoms with van der Waals surface area (Å²) in [6.45, 7) is 2.16. The molecular weight excluding hydrogens is 322 g/mol. The third kappa shape index (κ3) is 3.65. The SMILES string of the molecule is Cc1ccc(NC(=O)C2CC(=O)N(c3cccc([N+](=O)[O-])c3)C2)cc1. The lowest BCUT2D eigenvalue weighted by atomic mass is 10.1. The average Bonchev–Trinajstić information content (AvgIpc) is 2.99. The smallest absolute Gasteiger partial charge is 0.271 e. The second kappa shape index (κ2) is 6.72. The molecule has 0 spiro atoms. The van der Waals surface area contributed by atoms with Crippen LogP contribution in [0.2, 0.25) is 0 Å². The highest BCUT2D eigenvalue weighted by Gasteiger charge is 2.35. The molecule has 1 unspecified atom stereocenters. The van der Waals surface area contributed by atoms with Gasteiger partial charge in [0.2, 0.25) is 11.8 Å². The summed E-state index contributed by atoms with van der Waals surface area (Å²) in [7, 11) is 0. The van der Waals surface area contributed by atoms with Crippen LogP contribution < -0.4 is 10.2 Å². The lowest BCUT2D eigenvalue weighted by Crippen LogP contribution is -2.28. The van der Waals surface area contributed by atoms with E-state index < -0.39 is 10.8 Å². The number of carbonyl (C=O) groups excluding carboxylic acids is 2. The summed E-state index contributed by atoms with van der Waals surface area (Å²) < 4.78 is 0. The highest BCUT2D eigenvalue weighted by atomic mass is 16.6. The fraction of sp³-hybridized carbons (Fsp3) is 0.222. The van der Waals surface area contributed by atoms with Gasteiger partial charge >= 0.3 is 0 Å². The number of rotatable bonds is 4. The summed E-state index contributed by atoms with van der Waals surface area (Å²) in [5.41, 5.74) is 2.12. The summed E-state index contributed by atoms with van der Waals surface area (Å²) in [6.07, 6.45) is 0.0837. The van der Waals surface area contributed by atoms with Crippen molar-refractivity contribution >= 4 is 28.9 Å². The average molecular weight is 339 g/mol. The first kappa shape index (κ1) is 16.6. The summed E-state index contributed by atoms with van der Waals surface area (Å²) in [5, 5.41) is 13.7. The van der Waals surface area contributed by atoms with Crippen LogP contribution in [-0.4, -0.2) is 23.3 Å². The van der Waals surface area contributed by atoms with E-state index in [2.05, 4.69) is 5.32 Å². The zero-order chi connectivity index (χ0) is 18.0. The molecule has 2 aromatic carbocycles. The van der Waals surface area contributed by atoms with E-state index in [-0.39, 0.29) is 30.5 Å². The van der Waals surface area contributed by atoms with Gasteiger partial charge in [0, 0.05) is 30.8 Å². The summed E-state index contributed by atoms with van der Waals surface area (Å²) in [4.78, 5) is 36.4. The predicted octanol–water partition coefficient (Wildman–Crippen LogP) is 2.89. The van der Waals surface area contributed by atoms with Gasteiger partial charge in [-0.2, -0.15) is 0 Å². The number of nitrogens with one attached hydrogen (secondary N) is 1. The van der Waals surface area contributed by atoms with Crippen molar-refractivity contribution in [2.24, 2.45) is 5.92 Å². The monoisotopic (exact) mass is 339 g/mol. The van der Waals surface area contributed by atoms with Gasteiger partial charge in [-0.25, -0.2) is 0 Å². The van der Waals surface area contributed by atoms with Crippen LogP contribution in [0.1, 0.15) is 12.0 Å². The normalized spacial score (nSPS) is 16.8. The number of aryl methyl sites for hydroxylation is 1. The highest BCUT2D eigenvalue weighted by Crippen LogP contribution is 2.28. The first-order valence-electron chi connectivity index (χ1n) is 7.86. The molecular formula is C18H17N3O4. The molecule has 1 N–H and O–H groups in total. The van der Waals surface area contributed by atoms with E-state index in [0.29, 0.717) is 11.4 Å². The van der Waals surface area contributed by atoms with Crippen LogP contribution >= 0.6 is 0 Å². The lowest BCUT2D eigenvalue weighted by molar-refractivity contribution is -0.384. The molecule has 128 valence electrons. The lowest BCUT2D eigenvalue weighted by Gasteiger charge is -2.16. The van der Waals surface area contributed by atoms with Crippen molar-refractivity contribution in [3.8, 4) is 0 Å². The molecule has 1 saturated heterocycles. The Hall–Kier alpha value is -3.22. The van der Waals surface area contributed by atoms with Gasteiger partial charge in [0.15, 0.2) is 0 Å². The minimum atomic E-state index is -0.508. The number of anilines is 2. The van der Waals surface area contributed by atoms with Gasteiger partial charge in [0.25, 0.3) is 5.69 Å². The second-order valence-corrected chi connectivity index (χ2v) is 6.04. The molecule has 7 nitrogen and oxygen atoms in total. The Balaban J connectivity index is 1.71. The van der Waals surface area contributed by atoms with E-state index in [1.807, 2.05) is 31.2 Å².